The molecule has 0 radical (unpaired) electrons. The van der Waals surface area contributed by atoms with Gasteiger partial charge in [-0.2, -0.15) is 0 Å². The summed E-state index contributed by atoms with van der Waals surface area (Å²) in [7, 11) is 0. The van der Waals surface area contributed by atoms with Gasteiger partial charge in [0.15, 0.2) is 0 Å². The second-order valence-electron chi connectivity index (χ2n) is 7.49. The van der Waals surface area contributed by atoms with E-state index in [9.17, 15) is 4.79 Å². The molecular formula is C21H24ClNO2. The quantitative estimate of drug-likeness (QED) is 0.608. The maximum absolute atomic E-state index is 12.4. The Morgan fingerprint density at radius 2 is 1.92 bits per heavy atom. The van der Waals surface area contributed by atoms with Crippen molar-refractivity contribution in [3.8, 4) is 0 Å². The van der Waals surface area contributed by atoms with E-state index < -0.39 is 5.60 Å². The van der Waals surface area contributed by atoms with Gasteiger partial charge >= 0.3 is 5.97 Å². The molecule has 0 aliphatic carbocycles. The summed E-state index contributed by atoms with van der Waals surface area (Å²) in [6.45, 7) is 9.86. The highest BCUT2D eigenvalue weighted by Gasteiger charge is 2.20. The first-order valence-electron chi connectivity index (χ1n) is 8.63. The van der Waals surface area contributed by atoms with Crippen molar-refractivity contribution in [2.24, 2.45) is 0 Å². The fourth-order valence-corrected chi connectivity index (χ4v) is 3.54. The molecule has 0 aliphatic rings. The highest BCUT2D eigenvalue weighted by atomic mass is 35.5. The number of nitrogens with one attached hydrogen (secondary N) is 1. The molecule has 0 saturated carbocycles. The predicted molar refractivity (Wildman–Crippen MR) is 104 cm³/mol. The summed E-state index contributed by atoms with van der Waals surface area (Å²) in [5.41, 5.74) is 4.98. The number of H-pyrrole nitrogens is 1. The van der Waals surface area contributed by atoms with Crippen molar-refractivity contribution < 1.29 is 9.53 Å². The van der Waals surface area contributed by atoms with Gasteiger partial charge in [-0.3, -0.25) is 4.79 Å². The van der Waals surface area contributed by atoms with Gasteiger partial charge in [0, 0.05) is 26.8 Å². The smallest absolute Gasteiger partial charge is 0.310 e. The third kappa shape index (κ3) is 3.52. The first-order chi connectivity index (χ1) is 11.7. The zero-order valence-corrected chi connectivity index (χ0v) is 16.2. The lowest BCUT2D eigenvalue weighted by Gasteiger charge is -2.20. The van der Waals surface area contributed by atoms with E-state index in [0.717, 1.165) is 44.4 Å². The van der Waals surface area contributed by atoms with Crippen LogP contribution in [-0.4, -0.2) is 16.6 Å². The van der Waals surface area contributed by atoms with Crippen molar-refractivity contribution >= 4 is 39.4 Å². The number of benzene rings is 2. The molecule has 3 aromatic rings. The van der Waals surface area contributed by atoms with Gasteiger partial charge in [0.05, 0.1) is 6.42 Å². The summed E-state index contributed by atoms with van der Waals surface area (Å²) in [5, 5.41) is 2.99. The normalized spacial score (nSPS) is 12.1. The van der Waals surface area contributed by atoms with E-state index in [-0.39, 0.29) is 5.97 Å². The van der Waals surface area contributed by atoms with E-state index >= 15 is 0 Å². The highest BCUT2D eigenvalue weighted by Crippen LogP contribution is 2.33. The number of halogens is 1. The van der Waals surface area contributed by atoms with Crippen LogP contribution in [0.2, 0.25) is 5.02 Å². The van der Waals surface area contributed by atoms with Gasteiger partial charge in [-0.25, -0.2) is 0 Å². The largest absolute Gasteiger partial charge is 0.460 e. The lowest BCUT2D eigenvalue weighted by Crippen LogP contribution is -2.25. The Balaban J connectivity index is 2.14. The van der Waals surface area contributed by atoms with Gasteiger partial charge in [0.25, 0.3) is 0 Å². The van der Waals surface area contributed by atoms with Crippen LogP contribution in [0, 0.1) is 6.92 Å². The minimum absolute atomic E-state index is 0.191. The third-order valence-corrected chi connectivity index (χ3v) is 4.69. The molecular weight excluding hydrogens is 334 g/mol. The molecule has 0 unspecified atom stereocenters. The zero-order chi connectivity index (χ0) is 18.4. The van der Waals surface area contributed by atoms with Crippen molar-refractivity contribution in [2.75, 3.05) is 0 Å². The number of carbonyl (C=O) groups excluding carboxylic acids is 1. The van der Waals surface area contributed by atoms with E-state index in [4.69, 9.17) is 16.3 Å². The van der Waals surface area contributed by atoms with E-state index in [1.165, 1.54) is 5.56 Å². The van der Waals surface area contributed by atoms with Crippen molar-refractivity contribution in [3.63, 3.8) is 0 Å². The zero-order valence-electron chi connectivity index (χ0n) is 15.4. The molecule has 0 aliphatic heterocycles. The topological polar surface area (TPSA) is 42.1 Å². The van der Waals surface area contributed by atoms with Crippen molar-refractivity contribution in [2.45, 2.75) is 53.1 Å². The van der Waals surface area contributed by atoms with E-state index in [1.807, 2.05) is 39.0 Å². The maximum Gasteiger partial charge on any atom is 0.310 e. The van der Waals surface area contributed by atoms with Gasteiger partial charge in [-0.15, -0.1) is 0 Å². The number of ether oxygens (including phenoxy) is 1. The number of rotatable bonds is 3. The van der Waals surface area contributed by atoms with Crippen molar-refractivity contribution in [1.29, 1.82) is 0 Å². The van der Waals surface area contributed by atoms with Crippen molar-refractivity contribution in [3.05, 3.63) is 46.0 Å². The van der Waals surface area contributed by atoms with Gasteiger partial charge in [0.2, 0.25) is 0 Å². The standard InChI is InChI=1S/C21H24ClNO2/c1-6-13-9-17-16-10-14(22)7-8-18(16)23-20(17)12(2)15(13)11-19(24)25-21(3,4)5/h7-10,23H,6,11H2,1-5H3. The molecule has 1 heterocycles. The first-order valence-corrected chi connectivity index (χ1v) is 9.01. The Morgan fingerprint density at radius 3 is 2.56 bits per heavy atom. The van der Waals surface area contributed by atoms with Crippen LogP contribution in [0.1, 0.15) is 44.4 Å². The summed E-state index contributed by atoms with van der Waals surface area (Å²) in [6.07, 6.45) is 1.15. The Kier molecular flexibility index (Phi) is 4.54. The number of hydrogen-bond donors (Lipinski definition) is 1. The maximum atomic E-state index is 12.4. The summed E-state index contributed by atoms with van der Waals surface area (Å²) >= 11 is 6.18. The second-order valence-corrected chi connectivity index (χ2v) is 7.93. The lowest BCUT2D eigenvalue weighted by molar-refractivity contribution is -0.153. The molecule has 0 saturated heterocycles. The molecule has 3 nitrogen and oxygen atoms in total. The minimum atomic E-state index is -0.473. The fourth-order valence-electron chi connectivity index (χ4n) is 3.37. The Morgan fingerprint density at radius 1 is 1.20 bits per heavy atom. The summed E-state index contributed by atoms with van der Waals surface area (Å²) in [4.78, 5) is 15.8. The molecule has 0 spiro atoms. The van der Waals surface area contributed by atoms with Gasteiger partial charge in [-0.1, -0.05) is 18.5 Å². The van der Waals surface area contributed by atoms with Crippen LogP contribution in [0.5, 0.6) is 0 Å². The summed E-state index contributed by atoms with van der Waals surface area (Å²) in [5.74, 6) is -0.191. The first kappa shape index (κ1) is 17.8. The number of fused-ring (bicyclic) bond motifs is 3. The minimum Gasteiger partial charge on any atom is -0.460 e. The van der Waals surface area contributed by atoms with E-state index in [0.29, 0.717) is 6.42 Å². The number of aromatic amines is 1. The second kappa shape index (κ2) is 6.38. The Hall–Kier alpha value is -2.00. The molecule has 0 fully saturated rings. The number of aromatic nitrogens is 1. The lowest BCUT2D eigenvalue weighted by atomic mass is 9.94. The number of esters is 1. The van der Waals surface area contributed by atoms with Crippen LogP contribution in [0.4, 0.5) is 0 Å². The average molecular weight is 358 g/mol. The van der Waals surface area contributed by atoms with Crippen LogP contribution in [0.15, 0.2) is 24.3 Å². The molecule has 0 amide bonds. The Bertz CT molecular complexity index is 964. The summed E-state index contributed by atoms with van der Waals surface area (Å²) < 4.78 is 5.52. The summed E-state index contributed by atoms with van der Waals surface area (Å²) in [6, 6.07) is 8.05. The molecule has 25 heavy (non-hydrogen) atoms. The Labute approximate surface area is 153 Å². The number of aryl methyl sites for hydroxylation is 2. The molecule has 0 atom stereocenters. The highest BCUT2D eigenvalue weighted by molar-refractivity contribution is 6.31. The average Bonchev–Trinajstić information content (AvgIpc) is 2.86. The molecule has 1 N–H and O–H groups in total. The van der Waals surface area contributed by atoms with E-state index in [2.05, 4.69) is 24.9 Å². The van der Waals surface area contributed by atoms with Gasteiger partial charge < -0.3 is 9.72 Å². The SMILES string of the molecule is CCc1cc2c([nH]c3ccc(Cl)cc32)c(C)c1CC(=O)OC(C)(C)C. The number of hydrogen-bond acceptors (Lipinski definition) is 2. The van der Waals surface area contributed by atoms with Crippen LogP contribution < -0.4 is 0 Å². The molecule has 0 bridgehead atoms. The molecule has 132 valence electrons. The van der Waals surface area contributed by atoms with Crippen LogP contribution >= 0.6 is 11.6 Å². The van der Waals surface area contributed by atoms with Crippen molar-refractivity contribution in [1.82, 2.24) is 4.98 Å². The molecule has 2 aromatic carbocycles. The van der Waals surface area contributed by atoms with Gasteiger partial charge in [-0.05, 0) is 75.1 Å². The number of carbonyl (C=O) groups is 1. The monoisotopic (exact) mass is 357 g/mol. The molecule has 4 heteroatoms. The molecule has 3 rings (SSSR count). The predicted octanol–water partition coefficient (Wildman–Crippen LogP) is 5.73. The molecule has 1 aromatic heterocycles. The van der Waals surface area contributed by atoms with Crippen LogP contribution in [0.3, 0.4) is 0 Å². The fraction of sp³-hybridized carbons (Fsp3) is 0.381. The van der Waals surface area contributed by atoms with Crippen LogP contribution in [-0.2, 0) is 22.4 Å². The third-order valence-electron chi connectivity index (χ3n) is 4.46. The van der Waals surface area contributed by atoms with Gasteiger partial charge in [0.1, 0.15) is 5.60 Å². The van der Waals surface area contributed by atoms with Crippen LogP contribution in [0.25, 0.3) is 21.8 Å². The van der Waals surface area contributed by atoms with E-state index in [1.54, 1.807) is 0 Å².